The number of halogens is 1. The number of rotatable bonds is 6. The van der Waals surface area contributed by atoms with Gasteiger partial charge in [0.25, 0.3) is 0 Å². The van der Waals surface area contributed by atoms with Gasteiger partial charge in [-0.1, -0.05) is 13.8 Å². The van der Waals surface area contributed by atoms with Gasteiger partial charge in [-0.05, 0) is 41.0 Å². The summed E-state index contributed by atoms with van der Waals surface area (Å²) in [4.78, 5) is 15.4. The van der Waals surface area contributed by atoms with Crippen LogP contribution in [0.2, 0.25) is 0 Å². The average molecular weight is 333 g/mol. The van der Waals surface area contributed by atoms with E-state index in [9.17, 15) is 4.79 Å². The van der Waals surface area contributed by atoms with Crippen molar-refractivity contribution >= 4 is 33.2 Å². The first kappa shape index (κ1) is 15.7. The highest BCUT2D eigenvalue weighted by Gasteiger charge is 2.24. The third-order valence-electron chi connectivity index (χ3n) is 2.94. The minimum atomic E-state index is 0.0448. The summed E-state index contributed by atoms with van der Waals surface area (Å²) in [6.07, 6.45) is 0. The second-order valence-electron chi connectivity index (χ2n) is 4.81. The minimum absolute atomic E-state index is 0.0448. The summed E-state index contributed by atoms with van der Waals surface area (Å²) in [5.74, 6) is 0.606. The van der Waals surface area contributed by atoms with Crippen molar-refractivity contribution in [1.82, 2.24) is 10.2 Å². The summed E-state index contributed by atoms with van der Waals surface area (Å²) in [5.41, 5.74) is 0. The minimum Gasteiger partial charge on any atom is -0.340 e. The highest BCUT2D eigenvalue weighted by molar-refractivity contribution is 9.11. The van der Waals surface area contributed by atoms with Gasteiger partial charge >= 0.3 is 0 Å². The molecule has 1 rings (SSSR count). The number of thiophene rings is 1. The van der Waals surface area contributed by atoms with Crippen LogP contribution in [0.1, 0.15) is 18.7 Å². The second kappa shape index (κ2) is 7.26. The number of hydrogen-bond donors (Lipinski definition) is 1. The molecule has 5 heteroatoms. The molecule has 0 radical (unpaired) electrons. The summed E-state index contributed by atoms with van der Waals surface area (Å²) in [5, 5.41) is 3.10. The molecule has 0 aliphatic heterocycles. The van der Waals surface area contributed by atoms with Gasteiger partial charge in [-0.3, -0.25) is 4.79 Å². The number of carbonyl (C=O) groups excluding carboxylic acids is 1. The molecule has 1 unspecified atom stereocenters. The maximum atomic E-state index is 12.4. The first-order valence-electron chi connectivity index (χ1n) is 6.09. The molecular formula is C13H21BrN2OS. The maximum absolute atomic E-state index is 12.4. The van der Waals surface area contributed by atoms with Crippen LogP contribution < -0.4 is 5.32 Å². The molecule has 1 N–H and O–H groups in total. The van der Waals surface area contributed by atoms with Gasteiger partial charge in [0.2, 0.25) is 5.91 Å². The second-order valence-corrected chi connectivity index (χ2v) is 7.36. The Labute approximate surface area is 122 Å². The third kappa shape index (κ3) is 4.37. The highest BCUT2D eigenvalue weighted by atomic mass is 79.9. The Balaban J connectivity index is 2.64. The van der Waals surface area contributed by atoms with Gasteiger partial charge < -0.3 is 10.2 Å². The molecule has 0 aromatic carbocycles. The summed E-state index contributed by atoms with van der Waals surface area (Å²) < 4.78 is 1.11. The van der Waals surface area contributed by atoms with Crippen molar-refractivity contribution in [3.05, 3.63) is 20.8 Å². The van der Waals surface area contributed by atoms with Gasteiger partial charge in [-0.15, -0.1) is 11.3 Å². The number of nitrogens with zero attached hydrogens (tertiary/aromatic N) is 1. The van der Waals surface area contributed by atoms with Gasteiger partial charge in [0.15, 0.2) is 0 Å². The Morgan fingerprint density at radius 2 is 2.17 bits per heavy atom. The first-order valence-corrected chi connectivity index (χ1v) is 7.70. The van der Waals surface area contributed by atoms with Crippen LogP contribution in [0.25, 0.3) is 0 Å². The lowest BCUT2D eigenvalue weighted by atomic mass is 9.94. The quantitative estimate of drug-likeness (QED) is 0.868. The van der Waals surface area contributed by atoms with E-state index < -0.39 is 0 Å². The molecule has 1 aromatic heterocycles. The largest absolute Gasteiger partial charge is 0.340 e. The molecule has 1 aromatic rings. The molecule has 0 spiro atoms. The molecule has 1 atom stereocenters. The Hall–Kier alpha value is -0.390. The number of hydrogen-bond acceptors (Lipinski definition) is 3. The van der Waals surface area contributed by atoms with Gasteiger partial charge in [0.05, 0.1) is 16.2 Å². The fourth-order valence-electron chi connectivity index (χ4n) is 1.86. The molecule has 3 nitrogen and oxygen atoms in total. The number of amides is 1. The number of nitrogens with one attached hydrogen (secondary N) is 1. The summed E-state index contributed by atoms with van der Waals surface area (Å²) in [7, 11) is 3.76. The predicted molar refractivity (Wildman–Crippen MR) is 80.7 cm³/mol. The lowest BCUT2D eigenvalue weighted by molar-refractivity contribution is -0.135. The van der Waals surface area contributed by atoms with Crippen molar-refractivity contribution in [2.45, 2.75) is 20.4 Å². The van der Waals surface area contributed by atoms with E-state index in [-0.39, 0.29) is 11.8 Å². The molecule has 1 amide bonds. The lowest BCUT2D eigenvalue weighted by Gasteiger charge is -2.25. The van der Waals surface area contributed by atoms with Gasteiger partial charge in [0, 0.05) is 18.5 Å². The van der Waals surface area contributed by atoms with Crippen LogP contribution in [0.15, 0.2) is 15.9 Å². The van der Waals surface area contributed by atoms with Gasteiger partial charge in [0.1, 0.15) is 0 Å². The normalized spacial score (nSPS) is 12.8. The molecule has 0 saturated heterocycles. The molecule has 102 valence electrons. The molecule has 1 heterocycles. The molecule has 0 fully saturated rings. The molecular weight excluding hydrogens is 312 g/mol. The standard InChI is InChI=1S/C13H21BrN2OS/c1-9(2)11(7-15-3)13(17)16(4)8-10-5-6-12(14)18-10/h5-6,9,11,15H,7-8H2,1-4H3. The molecule has 0 saturated carbocycles. The lowest BCUT2D eigenvalue weighted by Crippen LogP contribution is -2.39. The zero-order chi connectivity index (χ0) is 13.7. The highest BCUT2D eigenvalue weighted by Crippen LogP contribution is 2.24. The average Bonchev–Trinajstić information content (AvgIpc) is 2.70. The van der Waals surface area contributed by atoms with E-state index in [0.29, 0.717) is 12.5 Å². The molecule has 18 heavy (non-hydrogen) atoms. The fraction of sp³-hybridized carbons (Fsp3) is 0.615. The van der Waals surface area contributed by atoms with E-state index >= 15 is 0 Å². The fourth-order valence-corrected chi connectivity index (χ4v) is 3.40. The Kier molecular flexibility index (Phi) is 6.32. The predicted octanol–water partition coefficient (Wildman–Crippen LogP) is 2.96. The smallest absolute Gasteiger partial charge is 0.227 e. The first-order chi connectivity index (χ1) is 8.45. The van der Waals surface area contributed by atoms with Crippen LogP contribution in [-0.4, -0.2) is 31.4 Å². The van der Waals surface area contributed by atoms with E-state index in [2.05, 4.69) is 41.2 Å². The maximum Gasteiger partial charge on any atom is 0.227 e. The summed E-state index contributed by atoms with van der Waals surface area (Å²) in [6.45, 7) is 5.60. The molecule has 0 aliphatic rings. The van der Waals surface area contributed by atoms with E-state index in [1.807, 2.05) is 25.1 Å². The zero-order valence-electron chi connectivity index (χ0n) is 11.4. The van der Waals surface area contributed by atoms with Crippen molar-refractivity contribution in [2.24, 2.45) is 11.8 Å². The van der Waals surface area contributed by atoms with E-state index in [4.69, 9.17) is 0 Å². The van der Waals surface area contributed by atoms with Crippen LogP contribution >= 0.6 is 27.3 Å². The van der Waals surface area contributed by atoms with Crippen molar-refractivity contribution in [2.75, 3.05) is 20.6 Å². The van der Waals surface area contributed by atoms with Crippen LogP contribution in [-0.2, 0) is 11.3 Å². The SMILES string of the molecule is CNCC(C(=O)N(C)Cc1ccc(Br)s1)C(C)C. The van der Waals surface area contributed by atoms with Gasteiger partial charge in [-0.2, -0.15) is 0 Å². The van der Waals surface area contributed by atoms with Crippen molar-refractivity contribution in [3.8, 4) is 0 Å². The van der Waals surface area contributed by atoms with Crippen LogP contribution in [0.4, 0.5) is 0 Å². The third-order valence-corrected chi connectivity index (χ3v) is 4.55. The Morgan fingerprint density at radius 3 is 2.61 bits per heavy atom. The van der Waals surface area contributed by atoms with Crippen molar-refractivity contribution in [3.63, 3.8) is 0 Å². The van der Waals surface area contributed by atoms with Crippen LogP contribution in [0, 0.1) is 11.8 Å². The van der Waals surface area contributed by atoms with Gasteiger partial charge in [-0.25, -0.2) is 0 Å². The molecule has 0 aliphatic carbocycles. The number of carbonyl (C=O) groups is 1. The molecule has 0 bridgehead atoms. The Morgan fingerprint density at radius 1 is 1.50 bits per heavy atom. The van der Waals surface area contributed by atoms with Crippen LogP contribution in [0.3, 0.4) is 0 Å². The van der Waals surface area contributed by atoms with Crippen LogP contribution in [0.5, 0.6) is 0 Å². The van der Waals surface area contributed by atoms with Crippen molar-refractivity contribution in [1.29, 1.82) is 0 Å². The monoisotopic (exact) mass is 332 g/mol. The summed E-state index contributed by atoms with van der Waals surface area (Å²) >= 11 is 5.12. The topological polar surface area (TPSA) is 32.3 Å². The van der Waals surface area contributed by atoms with E-state index in [0.717, 1.165) is 10.3 Å². The van der Waals surface area contributed by atoms with E-state index in [1.165, 1.54) is 4.88 Å². The zero-order valence-corrected chi connectivity index (χ0v) is 13.8. The van der Waals surface area contributed by atoms with Crippen molar-refractivity contribution < 1.29 is 4.79 Å². The Bertz CT molecular complexity index is 392. The summed E-state index contributed by atoms with van der Waals surface area (Å²) in [6, 6.07) is 4.08. The van der Waals surface area contributed by atoms with E-state index in [1.54, 1.807) is 11.3 Å².